The molecule has 1 aromatic heterocycles. The highest BCUT2D eigenvalue weighted by Crippen LogP contribution is 2.25. The number of rotatable bonds is 4. The van der Waals surface area contributed by atoms with Gasteiger partial charge in [0.15, 0.2) is 0 Å². The maximum atomic E-state index is 6.31. The first-order valence-corrected chi connectivity index (χ1v) is 6.81. The van der Waals surface area contributed by atoms with Gasteiger partial charge in [-0.1, -0.05) is 23.7 Å². The molecular weight excluding hydrogens is 258 g/mol. The highest BCUT2D eigenvalue weighted by Gasteiger charge is 2.16. The number of aromatic nitrogens is 2. The fourth-order valence-electron chi connectivity index (χ4n) is 2.37. The first-order valence-electron chi connectivity index (χ1n) is 6.43. The Balaban J connectivity index is 2.26. The van der Waals surface area contributed by atoms with Crippen LogP contribution in [0.25, 0.3) is 0 Å². The van der Waals surface area contributed by atoms with E-state index in [2.05, 4.69) is 35.7 Å². The zero-order valence-corrected chi connectivity index (χ0v) is 12.6. The molecule has 102 valence electrons. The van der Waals surface area contributed by atoms with Crippen molar-refractivity contribution in [3.63, 3.8) is 0 Å². The van der Waals surface area contributed by atoms with Crippen LogP contribution in [-0.2, 0) is 13.5 Å². The Kier molecular flexibility index (Phi) is 4.27. The molecule has 2 aromatic rings. The number of nitrogens with one attached hydrogen (secondary N) is 1. The molecule has 0 aliphatic heterocycles. The Morgan fingerprint density at radius 3 is 2.63 bits per heavy atom. The molecule has 1 heterocycles. The molecule has 1 aromatic carbocycles. The lowest BCUT2D eigenvalue weighted by atomic mass is 9.99. The highest BCUT2D eigenvalue weighted by molar-refractivity contribution is 6.31. The number of hydrogen-bond acceptors (Lipinski definition) is 2. The maximum absolute atomic E-state index is 6.31. The Hall–Kier alpha value is -1.32. The van der Waals surface area contributed by atoms with Crippen LogP contribution < -0.4 is 5.32 Å². The summed E-state index contributed by atoms with van der Waals surface area (Å²) in [5, 5.41) is 8.59. The third kappa shape index (κ3) is 3.17. The Morgan fingerprint density at radius 2 is 2.11 bits per heavy atom. The van der Waals surface area contributed by atoms with Gasteiger partial charge in [-0.2, -0.15) is 5.10 Å². The highest BCUT2D eigenvalue weighted by atomic mass is 35.5. The molecule has 1 atom stereocenters. The van der Waals surface area contributed by atoms with E-state index in [0.717, 1.165) is 22.7 Å². The first kappa shape index (κ1) is 14.1. The Morgan fingerprint density at radius 1 is 1.37 bits per heavy atom. The van der Waals surface area contributed by atoms with Gasteiger partial charge in [-0.25, -0.2) is 0 Å². The topological polar surface area (TPSA) is 29.9 Å². The Bertz CT molecular complexity index is 575. The van der Waals surface area contributed by atoms with Crippen molar-refractivity contribution in [2.45, 2.75) is 26.3 Å². The standard InChI is InChI=1S/C15H20ClN3/c1-10-5-6-12(14(16)7-10)8-15(17-3)13-9-19(4)18-11(13)2/h5-7,9,15,17H,8H2,1-4H3. The minimum absolute atomic E-state index is 0.230. The third-order valence-electron chi connectivity index (χ3n) is 3.41. The lowest BCUT2D eigenvalue weighted by Gasteiger charge is -2.16. The van der Waals surface area contributed by atoms with E-state index in [0.29, 0.717) is 0 Å². The number of halogens is 1. The second-order valence-corrected chi connectivity index (χ2v) is 5.39. The van der Waals surface area contributed by atoms with E-state index in [1.54, 1.807) is 0 Å². The van der Waals surface area contributed by atoms with Crippen molar-refractivity contribution < 1.29 is 0 Å². The van der Waals surface area contributed by atoms with Gasteiger partial charge in [0.2, 0.25) is 0 Å². The summed E-state index contributed by atoms with van der Waals surface area (Å²) < 4.78 is 1.85. The largest absolute Gasteiger partial charge is 0.313 e. The quantitative estimate of drug-likeness (QED) is 0.930. The maximum Gasteiger partial charge on any atom is 0.0641 e. The van der Waals surface area contributed by atoms with E-state index in [4.69, 9.17) is 11.6 Å². The first-order chi connectivity index (χ1) is 9.01. The number of benzene rings is 1. The normalized spacial score (nSPS) is 12.7. The van der Waals surface area contributed by atoms with Gasteiger partial charge in [0, 0.05) is 29.9 Å². The van der Waals surface area contributed by atoms with Gasteiger partial charge >= 0.3 is 0 Å². The summed E-state index contributed by atoms with van der Waals surface area (Å²) in [7, 11) is 3.92. The minimum atomic E-state index is 0.230. The number of nitrogens with zero attached hydrogens (tertiary/aromatic N) is 2. The van der Waals surface area contributed by atoms with Crippen molar-refractivity contribution in [2.75, 3.05) is 7.05 Å². The lowest BCUT2D eigenvalue weighted by molar-refractivity contribution is 0.588. The van der Waals surface area contributed by atoms with E-state index < -0.39 is 0 Å². The number of likely N-dealkylation sites (N-methyl/N-ethyl adjacent to an activating group) is 1. The average molecular weight is 278 g/mol. The molecule has 1 N–H and O–H groups in total. The monoisotopic (exact) mass is 277 g/mol. The van der Waals surface area contributed by atoms with Crippen LogP contribution in [0, 0.1) is 13.8 Å². The fourth-order valence-corrected chi connectivity index (χ4v) is 2.68. The second kappa shape index (κ2) is 5.76. The van der Waals surface area contributed by atoms with Crippen LogP contribution in [0.3, 0.4) is 0 Å². The molecule has 0 aliphatic carbocycles. The lowest BCUT2D eigenvalue weighted by Crippen LogP contribution is -2.19. The number of hydrogen-bond donors (Lipinski definition) is 1. The molecule has 0 saturated heterocycles. The SMILES string of the molecule is CNC(Cc1ccc(C)cc1Cl)c1cn(C)nc1C. The van der Waals surface area contributed by atoms with Gasteiger partial charge in [0.25, 0.3) is 0 Å². The van der Waals surface area contributed by atoms with Crippen LogP contribution in [0.4, 0.5) is 0 Å². The fraction of sp³-hybridized carbons (Fsp3) is 0.400. The predicted octanol–water partition coefficient (Wildman–Crippen LogP) is 3.19. The molecule has 0 aliphatic rings. The average Bonchev–Trinajstić information content (AvgIpc) is 2.68. The summed E-state index contributed by atoms with van der Waals surface area (Å²) in [6.07, 6.45) is 2.93. The van der Waals surface area contributed by atoms with Crippen LogP contribution in [0.2, 0.25) is 5.02 Å². The van der Waals surface area contributed by atoms with Crippen molar-refractivity contribution in [1.29, 1.82) is 0 Å². The zero-order valence-electron chi connectivity index (χ0n) is 11.9. The van der Waals surface area contributed by atoms with E-state index in [9.17, 15) is 0 Å². The van der Waals surface area contributed by atoms with Crippen LogP contribution in [-0.4, -0.2) is 16.8 Å². The third-order valence-corrected chi connectivity index (χ3v) is 3.76. The van der Waals surface area contributed by atoms with Crippen molar-refractivity contribution >= 4 is 11.6 Å². The summed E-state index contributed by atoms with van der Waals surface area (Å²) in [6, 6.07) is 6.45. The minimum Gasteiger partial charge on any atom is -0.313 e. The predicted molar refractivity (Wildman–Crippen MR) is 79.6 cm³/mol. The summed E-state index contributed by atoms with van der Waals surface area (Å²) in [5.41, 5.74) is 4.63. The van der Waals surface area contributed by atoms with Gasteiger partial charge in [0.05, 0.1) is 5.69 Å². The summed E-state index contributed by atoms with van der Waals surface area (Å²) in [6.45, 7) is 4.09. The molecule has 0 saturated carbocycles. The van der Waals surface area contributed by atoms with Crippen LogP contribution in [0.15, 0.2) is 24.4 Å². The van der Waals surface area contributed by atoms with Crippen LogP contribution >= 0.6 is 11.6 Å². The molecule has 2 rings (SSSR count). The molecule has 1 unspecified atom stereocenters. The summed E-state index contributed by atoms with van der Waals surface area (Å²) in [5.74, 6) is 0. The molecule has 0 spiro atoms. The van der Waals surface area contributed by atoms with Gasteiger partial charge in [-0.05, 0) is 44.5 Å². The molecule has 0 amide bonds. The van der Waals surface area contributed by atoms with Crippen molar-refractivity contribution in [1.82, 2.24) is 15.1 Å². The molecule has 0 fully saturated rings. The zero-order chi connectivity index (χ0) is 14.0. The van der Waals surface area contributed by atoms with E-state index in [1.165, 1.54) is 11.1 Å². The molecule has 4 heteroatoms. The van der Waals surface area contributed by atoms with E-state index in [-0.39, 0.29) is 6.04 Å². The van der Waals surface area contributed by atoms with Crippen LogP contribution in [0.1, 0.15) is 28.4 Å². The van der Waals surface area contributed by atoms with E-state index >= 15 is 0 Å². The Labute approximate surface area is 119 Å². The molecule has 19 heavy (non-hydrogen) atoms. The second-order valence-electron chi connectivity index (χ2n) is 4.98. The summed E-state index contributed by atoms with van der Waals surface area (Å²) >= 11 is 6.31. The molecule has 3 nitrogen and oxygen atoms in total. The molecular formula is C15H20ClN3. The van der Waals surface area contributed by atoms with Crippen molar-refractivity contribution in [3.05, 3.63) is 51.8 Å². The van der Waals surface area contributed by atoms with Gasteiger partial charge in [-0.15, -0.1) is 0 Å². The van der Waals surface area contributed by atoms with E-state index in [1.807, 2.05) is 31.8 Å². The van der Waals surface area contributed by atoms with Crippen LogP contribution in [0.5, 0.6) is 0 Å². The van der Waals surface area contributed by atoms with Gasteiger partial charge < -0.3 is 5.32 Å². The van der Waals surface area contributed by atoms with Gasteiger partial charge in [-0.3, -0.25) is 4.68 Å². The van der Waals surface area contributed by atoms with Crippen molar-refractivity contribution in [3.8, 4) is 0 Å². The molecule has 0 radical (unpaired) electrons. The van der Waals surface area contributed by atoms with Crippen molar-refractivity contribution in [2.24, 2.45) is 7.05 Å². The smallest absolute Gasteiger partial charge is 0.0641 e. The number of aryl methyl sites for hydroxylation is 3. The summed E-state index contributed by atoms with van der Waals surface area (Å²) in [4.78, 5) is 0. The molecule has 0 bridgehead atoms. The van der Waals surface area contributed by atoms with Gasteiger partial charge in [0.1, 0.15) is 0 Å².